The first-order chi connectivity index (χ1) is 11.2. The minimum absolute atomic E-state index is 0.0713. The largest absolute Gasteiger partial charge is 0.478 e. The van der Waals surface area contributed by atoms with Gasteiger partial charge in [-0.3, -0.25) is 4.79 Å². The molecule has 7 nitrogen and oxygen atoms in total. The number of rotatable bonds is 5. The monoisotopic (exact) mass is 354 g/mol. The highest BCUT2D eigenvalue weighted by Crippen LogP contribution is 2.18. The summed E-state index contributed by atoms with van der Waals surface area (Å²) in [6, 6.07) is 6.26. The first kappa shape index (κ1) is 18.4. The summed E-state index contributed by atoms with van der Waals surface area (Å²) in [7, 11) is -1.66. The quantitative estimate of drug-likeness (QED) is 0.844. The van der Waals surface area contributed by atoms with Crippen molar-refractivity contribution in [2.45, 2.75) is 25.3 Å². The van der Waals surface area contributed by atoms with Crippen molar-refractivity contribution in [1.29, 1.82) is 0 Å². The number of hydrogen-bond acceptors (Lipinski definition) is 4. The molecule has 2 rings (SSSR count). The fourth-order valence-electron chi connectivity index (χ4n) is 2.85. The molecule has 132 valence electrons. The summed E-state index contributed by atoms with van der Waals surface area (Å²) in [6.45, 7) is 1.00. The smallest absolute Gasteiger partial charge is 0.335 e. The standard InChI is InChI=1S/C16H22N2O5S/c1-17(24(2,22)23)14-6-8-18(9-7-14)15(19)11-12-4-3-5-13(10-12)16(20)21/h3-5,10,14H,6-9,11H2,1-2H3,(H,20,21). The Hall–Kier alpha value is -1.93. The summed E-state index contributed by atoms with van der Waals surface area (Å²) in [6.07, 6.45) is 2.53. The van der Waals surface area contributed by atoms with Gasteiger partial charge in [0.05, 0.1) is 18.2 Å². The highest BCUT2D eigenvalue weighted by Gasteiger charge is 2.28. The van der Waals surface area contributed by atoms with Gasteiger partial charge in [0.15, 0.2) is 0 Å². The molecule has 0 radical (unpaired) electrons. The van der Waals surface area contributed by atoms with Crippen LogP contribution in [0.15, 0.2) is 24.3 Å². The molecule has 1 N–H and O–H groups in total. The van der Waals surface area contributed by atoms with Crippen LogP contribution in [0.1, 0.15) is 28.8 Å². The van der Waals surface area contributed by atoms with E-state index in [-0.39, 0.29) is 23.9 Å². The van der Waals surface area contributed by atoms with Gasteiger partial charge in [-0.25, -0.2) is 17.5 Å². The topological polar surface area (TPSA) is 95.0 Å². The Morgan fingerprint density at radius 3 is 2.46 bits per heavy atom. The lowest BCUT2D eigenvalue weighted by molar-refractivity contribution is -0.131. The number of benzene rings is 1. The minimum atomic E-state index is -3.23. The van der Waals surface area contributed by atoms with Gasteiger partial charge < -0.3 is 10.0 Å². The van der Waals surface area contributed by atoms with Crippen molar-refractivity contribution in [3.63, 3.8) is 0 Å². The zero-order valence-corrected chi connectivity index (χ0v) is 14.6. The van der Waals surface area contributed by atoms with Crippen molar-refractivity contribution in [2.75, 3.05) is 26.4 Å². The van der Waals surface area contributed by atoms with Crippen LogP contribution in [0, 0.1) is 0 Å². The maximum Gasteiger partial charge on any atom is 0.335 e. The van der Waals surface area contributed by atoms with Crippen molar-refractivity contribution in [3.05, 3.63) is 35.4 Å². The van der Waals surface area contributed by atoms with E-state index in [2.05, 4.69) is 0 Å². The van der Waals surface area contributed by atoms with Gasteiger partial charge in [-0.05, 0) is 30.5 Å². The molecule has 0 aliphatic carbocycles. The van der Waals surface area contributed by atoms with E-state index in [1.54, 1.807) is 24.1 Å². The Kier molecular flexibility index (Phi) is 5.61. The van der Waals surface area contributed by atoms with Crippen LogP contribution < -0.4 is 0 Å². The normalized spacial score (nSPS) is 16.4. The minimum Gasteiger partial charge on any atom is -0.478 e. The molecule has 0 aromatic heterocycles. The predicted molar refractivity (Wildman–Crippen MR) is 89.3 cm³/mol. The first-order valence-corrected chi connectivity index (χ1v) is 9.56. The average molecular weight is 354 g/mol. The van der Waals surface area contributed by atoms with Gasteiger partial charge >= 0.3 is 5.97 Å². The fourth-order valence-corrected chi connectivity index (χ4v) is 3.60. The summed E-state index contributed by atoms with van der Waals surface area (Å²) in [4.78, 5) is 25.0. The Morgan fingerprint density at radius 2 is 1.92 bits per heavy atom. The van der Waals surface area contributed by atoms with Crippen LogP contribution >= 0.6 is 0 Å². The van der Waals surface area contributed by atoms with E-state index in [1.165, 1.54) is 22.7 Å². The van der Waals surface area contributed by atoms with Crippen LogP contribution in [-0.4, -0.2) is 67.0 Å². The molecule has 0 bridgehead atoms. The SMILES string of the molecule is CN(C1CCN(C(=O)Cc2cccc(C(=O)O)c2)CC1)S(C)(=O)=O. The van der Waals surface area contributed by atoms with E-state index in [0.29, 0.717) is 31.5 Å². The molecule has 1 amide bonds. The van der Waals surface area contributed by atoms with Crippen LogP contribution in [0.5, 0.6) is 0 Å². The van der Waals surface area contributed by atoms with Crippen molar-refractivity contribution in [3.8, 4) is 0 Å². The van der Waals surface area contributed by atoms with Gasteiger partial charge in [0, 0.05) is 26.2 Å². The molecule has 1 aliphatic heterocycles. The zero-order valence-electron chi connectivity index (χ0n) is 13.8. The van der Waals surface area contributed by atoms with Crippen LogP contribution in [0.4, 0.5) is 0 Å². The maximum atomic E-state index is 12.4. The van der Waals surface area contributed by atoms with Crippen molar-refractivity contribution in [2.24, 2.45) is 0 Å². The number of carbonyl (C=O) groups is 2. The van der Waals surface area contributed by atoms with Crippen LogP contribution in [-0.2, 0) is 21.2 Å². The number of hydrogen-bond donors (Lipinski definition) is 1. The van der Waals surface area contributed by atoms with Gasteiger partial charge in [-0.1, -0.05) is 12.1 Å². The lowest BCUT2D eigenvalue weighted by atomic mass is 10.0. The number of aromatic carboxylic acids is 1. The lowest BCUT2D eigenvalue weighted by Crippen LogP contribution is -2.47. The second kappa shape index (κ2) is 7.31. The lowest BCUT2D eigenvalue weighted by Gasteiger charge is -2.35. The Bertz CT molecular complexity index is 724. The van der Waals surface area contributed by atoms with E-state index < -0.39 is 16.0 Å². The third-order valence-electron chi connectivity index (χ3n) is 4.38. The number of carboxylic acid groups (broad SMARTS) is 1. The summed E-state index contributed by atoms with van der Waals surface area (Å²) < 4.78 is 24.5. The molecule has 0 saturated carbocycles. The highest BCUT2D eigenvalue weighted by molar-refractivity contribution is 7.88. The molecule has 8 heteroatoms. The molecular weight excluding hydrogens is 332 g/mol. The number of carbonyl (C=O) groups excluding carboxylic acids is 1. The van der Waals surface area contributed by atoms with E-state index in [0.717, 1.165) is 0 Å². The number of nitrogens with zero attached hydrogens (tertiary/aromatic N) is 2. The van der Waals surface area contributed by atoms with E-state index >= 15 is 0 Å². The molecule has 1 aromatic rings. The Morgan fingerprint density at radius 1 is 1.29 bits per heavy atom. The summed E-state index contributed by atoms with van der Waals surface area (Å²) in [5, 5.41) is 8.99. The number of sulfonamides is 1. The molecule has 1 aromatic carbocycles. The van der Waals surface area contributed by atoms with Gasteiger partial charge in [0.1, 0.15) is 0 Å². The number of carboxylic acids is 1. The average Bonchev–Trinajstić information content (AvgIpc) is 2.53. The molecule has 1 saturated heterocycles. The Balaban J connectivity index is 1.94. The second-order valence-corrected chi connectivity index (χ2v) is 8.12. The van der Waals surface area contributed by atoms with Crippen LogP contribution in [0.25, 0.3) is 0 Å². The number of piperidine rings is 1. The van der Waals surface area contributed by atoms with Gasteiger partial charge in [-0.2, -0.15) is 0 Å². The van der Waals surface area contributed by atoms with E-state index in [1.807, 2.05) is 0 Å². The fraction of sp³-hybridized carbons (Fsp3) is 0.500. The molecule has 1 heterocycles. The predicted octanol–water partition coefficient (Wildman–Crippen LogP) is 0.810. The molecule has 1 aliphatic rings. The molecule has 0 unspecified atom stereocenters. The van der Waals surface area contributed by atoms with Crippen LogP contribution in [0.3, 0.4) is 0 Å². The molecule has 24 heavy (non-hydrogen) atoms. The van der Waals surface area contributed by atoms with Gasteiger partial charge in [0.25, 0.3) is 0 Å². The van der Waals surface area contributed by atoms with Crippen LogP contribution in [0.2, 0.25) is 0 Å². The third kappa shape index (κ3) is 4.55. The number of amides is 1. The van der Waals surface area contributed by atoms with E-state index in [4.69, 9.17) is 5.11 Å². The Labute approximate surface area is 141 Å². The summed E-state index contributed by atoms with van der Waals surface area (Å²) in [5.41, 5.74) is 0.823. The van der Waals surface area contributed by atoms with Gasteiger partial charge in [0.2, 0.25) is 15.9 Å². The summed E-state index contributed by atoms with van der Waals surface area (Å²) >= 11 is 0. The van der Waals surface area contributed by atoms with Crippen molar-refractivity contribution in [1.82, 2.24) is 9.21 Å². The molecule has 0 atom stereocenters. The molecular formula is C16H22N2O5S. The third-order valence-corrected chi connectivity index (χ3v) is 5.73. The van der Waals surface area contributed by atoms with E-state index in [9.17, 15) is 18.0 Å². The molecule has 0 spiro atoms. The first-order valence-electron chi connectivity index (χ1n) is 7.71. The molecule has 1 fully saturated rings. The summed E-state index contributed by atoms with van der Waals surface area (Å²) in [5.74, 6) is -1.09. The number of likely N-dealkylation sites (tertiary alicyclic amines) is 1. The van der Waals surface area contributed by atoms with Crippen molar-refractivity contribution >= 4 is 21.9 Å². The second-order valence-electron chi connectivity index (χ2n) is 6.07. The van der Waals surface area contributed by atoms with Crippen molar-refractivity contribution < 1.29 is 23.1 Å². The zero-order chi connectivity index (χ0) is 17.9. The maximum absolute atomic E-state index is 12.4. The van der Waals surface area contributed by atoms with Gasteiger partial charge in [-0.15, -0.1) is 0 Å². The highest BCUT2D eigenvalue weighted by atomic mass is 32.2.